The van der Waals surface area contributed by atoms with Crippen LogP contribution in [0.1, 0.15) is 19.4 Å². The Morgan fingerprint density at radius 1 is 1.13 bits per heavy atom. The number of aliphatic imine (C=N–C) groups is 1. The van der Waals surface area contributed by atoms with E-state index in [4.69, 9.17) is 4.74 Å². The van der Waals surface area contributed by atoms with Crippen molar-refractivity contribution >= 4 is 40.0 Å². The lowest BCUT2D eigenvalue weighted by Gasteiger charge is -2.18. The lowest BCUT2D eigenvalue weighted by Crippen LogP contribution is -2.41. The zero-order valence-corrected chi connectivity index (χ0v) is 20.3. The highest BCUT2D eigenvalue weighted by Gasteiger charge is 2.11. The highest BCUT2D eigenvalue weighted by atomic mass is 127. The molecule has 2 aromatic carbocycles. The molecule has 7 nitrogen and oxygen atoms in total. The van der Waals surface area contributed by atoms with Gasteiger partial charge in [0.15, 0.2) is 17.5 Å². The number of halogens is 2. The van der Waals surface area contributed by atoms with Gasteiger partial charge in [-0.1, -0.05) is 24.3 Å². The van der Waals surface area contributed by atoms with E-state index in [1.54, 1.807) is 42.5 Å². The molecule has 0 aromatic heterocycles. The normalized spacial score (nSPS) is 12.6. The van der Waals surface area contributed by atoms with Gasteiger partial charge in [-0.3, -0.25) is 0 Å². The quantitative estimate of drug-likeness (QED) is 0.254. The number of rotatable bonds is 9. The minimum Gasteiger partial charge on any atom is -0.486 e. The molecule has 1 unspecified atom stereocenters. The molecular weight excluding hydrogens is 522 g/mol. The fourth-order valence-corrected chi connectivity index (χ4v) is 3.17. The average Bonchev–Trinajstić information content (AvgIpc) is 2.72. The molecule has 0 fully saturated rings. The van der Waals surface area contributed by atoms with Crippen molar-refractivity contribution in [1.29, 1.82) is 0 Å². The summed E-state index contributed by atoms with van der Waals surface area (Å²) in [6.07, 6.45) is -0.276. The SMILES string of the molecule is CCNC(=NCc1ccc(S(=O)(=O)NC)cc1)NCC(C)Oc1ccccc1F.I. The van der Waals surface area contributed by atoms with Gasteiger partial charge in [-0.25, -0.2) is 22.5 Å². The molecule has 0 aliphatic carbocycles. The number of benzene rings is 2. The first-order valence-electron chi connectivity index (χ1n) is 9.31. The highest BCUT2D eigenvalue weighted by molar-refractivity contribution is 14.0. The molecule has 0 aliphatic heterocycles. The molecule has 166 valence electrons. The molecule has 0 heterocycles. The smallest absolute Gasteiger partial charge is 0.240 e. The van der Waals surface area contributed by atoms with Crippen LogP contribution in [-0.4, -0.2) is 40.6 Å². The fourth-order valence-electron chi connectivity index (χ4n) is 2.44. The number of sulfonamides is 1. The Kier molecular flexibility index (Phi) is 11.1. The van der Waals surface area contributed by atoms with Crippen molar-refractivity contribution in [3.05, 3.63) is 59.9 Å². The molecule has 2 aromatic rings. The van der Waals surface area contributed by atoms with Crippen molar-refractivity contribution < 1.29 is 17.5 Å². The zero-order chi connectivity index (χ0) is 21.3. The minimum atomic E-state index is -3.45. The highest BCUT2D eigenvalue weighted by Crippen LogP contribution is 2.16. The van der Waals surface area contributed by atoms with E-state index >= 15 is 0 Å². The van der Waals surface area contributed by atoms with Crippen LogP contribution in [0.25, 0.3) is 0 Å². The Hall–Kier alpha value is -1.92. The molecule has 0 amide bonds. The first-order valence-corrected chi connectivity index (χ1v) is 10.8. The Morgan fingerprint density at radius 2 is 1.80 bits per heavy atom. The second kappa shape index (κ2) is 12.7. The van der Waals surface area contributed by atoms with E-state index in [-0.39, 0.29) is 40.7 Å². The van der Waals surface area contributed by atoms with Crippen LogP contribution in [0.15, 0.2) is 58.4 Å². The minimum absolute atomic E-state index is 0. The third kappa shape index (κ3) is 8.07. The standard InChI is InChI=1S/C20H27FN4O3S.HI/c1-4-23-20(24-13-15(2)28-19-8-6-5-7-18(19)21)25-14-16-9-11-17(12-10-16)29(26,27)22-3;/h5-12,15,22H,4,13-14H2,1-3H3,(H2,23,24,25);1H. The molecule has 1 atom stereocenters. The van der Waals surface area contributed by atoms with Crippen molar-refractivity contribution in [2.45, 2.75) is 31.4 Å². The van der Waals surface area contributed by atoms with Crippen LogP contribution < -0.4 is 20.1 Å². The zero-order valence-electron chi connectivity index (χ0n) is 17.2. The molecule has 3 N–H and O–H groups in total. The van der Waals surface area contributed by atoms with Gasteiger partial charge in [0.2, 0.25) is 10.0 Å². The summed E-state index contributed by atoms with van der Waals surface area (Å²) in [5.41, 5.74) is 0.868. The molecule has 0 spiro atoms. The molecule has 0 saturated carbocycles. The summed E-state index contributed by atoms with van der Waals surface area (Å²) in [6.45, 7) is 5.27. The van der Waals surface area contributed by atoms with Gasteiger partial charge < -0.3 is 15.4 Å². The third-order valence-electron chi connectivity index (χ3n) is 3.99. The van der Waals surface area contributed by atoms with Crippen LogP contribution in [0.3, 0.4) is 0 Å². The molecule has 0 radical (unpaired) electrons. The molecule has 2 rings (SSSR count). The van der Waals surface area contributed by atoms with E-state index in [1.165, 1.54) is 13.1 Å². The van der Waals surface area contributed by atoms with Crippen molar-refractivity contribution in [2.75, 3.05) is 20.1 Å². The first kappa shape index (κ1) is 26.1. The van der Waals surface area contributed by atoms with Crippen molar-refractivity contribution in [2.24, 2.45) is 4.99 Å². The molecule has 0 saturated heterocycles. The number of ether oxygens (including phenoxy) is 1. The number of para-hydroxylation sites is 1. The molecule has 0 aliphatic rings. The van der Waals surface area contributed by atoms with Gasteiger partial charge in [0.05, 0.1) is 18.0 Å². The Labute approximate surface area is 194 Å². The van der Waals surface area contributed by atoms with Gasteiger partial charge in [-0.2, -0.15) is 0 Å². The summed E-state index contributed by atoms with van der Waals surface area (Å²) >= 11 is 0. The maximum atomic E-state index is 13.7. The van der Waals surface area contributed by atoms with Gasteiger partial charge in [-0.15, -0.1) is 24.0 Å². The van der Waals surface area contributed by atoms with Gasteiger partial charge in [0, 0.05) is 6.54 Å². The number of guanidine groups is 1. The average molecular weight is 550 g/mol. The predicted molar refractivity (Wildman–Crippen MR) is 127 cm³/mol. The van der Waals surface area contributed by atoms with E-state index in [0.29, 0.717) is 25.6 Å². The second-order valence-corrected chi connectivity index (χ2v) is 8.17. The van der Waals surface area contributed by atoms with Crippen LogP contribution in [-0.2, 0) is 16.6 Å². The van der Waals surface area contributed by atoms with Gasteiger partial charge >= 0.3 is 0 Å². The predicted octanol–water partition coefficient (Wildman–Crippen LogP) is 2.87. The summed E-state index contributed by atoms with van der Waals surface area (Å²) in [5.74, 6) is 0.396. The van der Waals surface area contributed by atoms with Crippen molar-refractivity contribution in [3.8, 4) is 5.75 Å². The third-order valence-corrected chi connectivity index (χ3v) is 5.42. The van der Waals surface area contributed by atoms with Crippen LogP contribution >= 0.6 is 24.0 Å². The number of nitrogens with zero attached hydrogens (tertiary/aromatic N) is 1. The fraction of sp³-hybridized carbons (Fsp3) is 0.350. The van der Waals surface area contributed by atoms with E-state index in [0.717, 1.165) is 5.56 Å². The van der Waals surface area contributed by atoms with Crippen LogP contribution in [0, 0.1) is 5.82 Å². The van der Waals surface area contributed by atoms with Gasteiger partial charge in [0.25, 0.3) is 0 Å². The second-order valence-electron chi connectivity index (χ2n) is 6.29. The maximum absolute atomic E-state index is 13.7. The largest absolute Gasteiger partial charge is 0.486 e. The lowest BCUT2D eigenvalue weighted by molar-refractivity contribution is 0.214. The Morgan fingerprint density at radius 3 is 2.40 bits per heavy atom. The molecular formula is C20H28FIN4O3S. The summed E-state index contributed by atoms with van der Waals surface area (Å²) < 4.78 is 45.1. The Balaban J connectivity index is 0.00000450. The van der Waals surface area contributed by atoms with Crippen LogP contribution in [0.4, 0.5) is 4.39 Å². The van der Waals surface area contributed by atoms with Crippen molar-refractivity contribution in [1.82, 2.24) is 15.4 Å². The monoisotopic (exact) mass is 550 g/mol. The molecule has 0 bridgehead atoms. The van der Waals surface area contributed by atoms with E-state index in [1.807, 2.05) is 13.8 Å². The molecule has 30 heavy (non-hydrogen) atoms. The van der Waals surface area contributed by atoms with Crippen molar-refractivity contribution in [3.63, 3.8) is 0 Å². The number of nitrogens with one attached hydrogen (secondary N) is 3. The number of hydrogen-bond acceptors (Lipinski definition) is 4. The lowest BCUT2D eigenvalue weighted by atomic mass is 10.2. The molecule has 10 heteroatoms. The number of hydrogen-bond donors (Lipinski definition) is 3. The van der Waals surface area contributed by atoms with Crippen LogP contribution in [0.5, 0.6) is 5.75 Å². The van der Waals surface area contributed by atoms with E-state index in [9.17, 15) is 12.8 Å². The van der Waals surface area contributed by atoms with E-state index in [2.05, 4.69) is 20.3 Å². The van der Waals surface area contributed by atoms with Gasteiger partial charge in [-0.05, 0) is 50.7 Å². The summed E-state index contributed by atoms with van der Waals surface area (Å²) in [4.78, 5) is 4.70. The van der Waals surface area contributed by atoms with E-state index < -0.39 is 15.8 Å². The first-order chi connectivity index (χ1) is 13.9. The summed E-state index contributed by atoms with van der Waals surface area (Å²) in [5, 5.41) is 6.29. The summed E-state index contributed by atoms with van der Waals surface area (Å²) in [7, 11) is -2.08. The summed E-state index contributed by atoms with van der Waals surface area (Å²) in [6, 6.07) is 12.8. The Bertz CT molecular complexity index is 924. The van der Waals surface area contributed by atoms with Gasteiger partial charge in [0.1, 0.15) is 6.10 Å². The topological polar surface area (TPSA) is 91.8 Å². The van der Waals surface area contributed by atoms with Crippen LogP contribution in [0.2, 0.25) is 0 Å². The maximum Gasteiger partial charge on any atom is 0.240 e.